The van der Waals surface area contributed by atoms with Crippen molar-refractivity contribution in [1.29, 1.82) is 0 Å². The predicted molar refractivity (Wildman–Crippen MR) is 82.4 cm³/mol. The summed E-state index contributed by atoms with van der Waals surface area (Å²) in [4.78, 5) is 27.1. The van der Waals surface area contributed by atoms with E-state index in [4.69, 9.17) is 0 Å². The molecular weight excluding hydrogens is 254 g/mol. The Balaban J connectivity index is 4.35. The molecule has 0 bridgehead atoms. The molecule has 0 rings (SSSR count). The summed E-state index contributed by atoms with van der Waals surface area (Å²) < 4.78 is 0. The van der Waals surface area contributed by atoms with Crippen LogP contribution in [0.4, 0.5) is 0 Å². The maximum atomic E-state index is 12.0. The van der Waals surface area contributed by atoms with Gasteiger partial charge in [-0.05, 0) is 20.8 Å². The largest absolute Gasteiger partial charge is 0.350 e. The molecule has 0 aromatic rings. The molecule has 0 spiro atoms. The van der Waals surface area contributed by atoms with Gasteiger partial charge >= 0.3 is 0 Å². The lowest BCUT2D eigenvalue weighted by Gasteiger charge is -2.25. The van der Waals surface area contributed by atoms with E-state index in [9.17, 15) is 9.59 Å². The number of likely N-dealkylation sites (N-methyl/N-ethyl adjacent to an activating group) is 1. The number of carbonyl (C=O) groups excluding carboxylic acids is 2. The monoisotopic (exact) mass is 281 g/mol. The van der Waals surface area contributed by atoms with Gasteiger partial charge < -0.3 is 10.2 Å². The Hall–Kier alpha value is -1.62. The van der Waals surface area contributed by atoms with E-state index in [0.717, 1.165) is 0 Å². The molecule has 0 atom stereocenters. The van der Waals surface area contributed by atoms with E-state index in [1.165, 1.54) is 4.90 Å². The number of amides is 2. The van der Waals surface area contributed by atoms with Crippen molar-refractivity contribution >= 4 is 11.8 Å². The Labute approximate surface area is 122 Å². The van der Waals surface area contributed by atoms with Crippen LogP contribution in [0.2, 0.25) is 0 Å². The van der Waals surface area contributed by atoms with Gasteiger partial charge in [0.05, 0.1) is 13.1 Å². The highest BCUT2D eigenvalue weighted by atomic mass is 16.2. The molecule has 0 saturated heterocycles. The molecule has 0 aliphatic rings. The fraction of sp³-hybridized carbons (Fsp3) is 0.600. The Bertz CT molecular complexity index is 349. The van der Waals surface area contributed by atoms with Gasteiger partial charge in [-0.1, -0.05) is 12.2 Å². The summed E-state index contributed by atoms with van der Waals surface area (Å²) in [7, 11) is 1.63. The summed E-state index contributed by atoms with van der Waals surface area (Å²) in [5, 5.41) is 2.83. The zero-order valence-electron chi connectivity index (χ0n) is 13.1. The summed E-state index contributed by atoms with van der Waals surface area (Å²) in [5.41, 5.74) is -0.293. The van der Waals surface area contributed by atoms with Gasteiger partial charge in [-0.2, -0.15) is 0 Å². The van der Waals surface area contributed by atoms with Crippen LogP contribution in [0.25, 0.3) is 0 Å². The van der Waals surface area contributed by atoms with Gasteiger partial charge in [0, 0.05) is 25.7 Å². The fourth-order valence-corrected chi connectivity index (χ4v) is 1.64. The maximum absolute atomic E-state index is 12.0. The van der Waals surface area contributed by atoms with Crippen molar-refractivity contribution in [3.05, 3.63) is 25.3 Å². The first-order valence-corrected chi connectivity index (χ1v) is 6.68. The van der Waals surface area contributed by atoms with E-state index in [-0.39, 0.29) is 30.4 Å². The predicted octanol–water partition coefficient (Wildman–Crippen LogP) is 1.03. The van der Waals surface area contributed by atoms with Gasteiger partial charge in [0.25, 0.3) is 0 Å². The Kier molecular flexibility index (Phi) is 7.84. The lowest BCUT2D eigenvalue weighted by molar-refractivity contribution is -0.135. The number of hydrogen-bond donors (Lipinski definition) is 1. The summed E-state index contributed by atoms with van der Waals surface area (Å²) >= 11 is 0. The van der Waals surface area contributed by atoms with Crippen LogP contribution >= 0.6 is 0 Å². The number of nitrogens with zero attached hydrogens (tertiary/aromatic N) is 2. The molecule has 0 heterocycles. The van der Waals surface area contributed by atoms with Gasteiger partial charge in [0.2, 0.25) is 11.8 Å². The van der Waals surface area contributed by atoms with Crippen molar-refractivity contribution in [3.8, 4) is 0 Å². The number of nitrogens with one attached hydrogen (secondary N) is 1. The minimum absolute atomic E-state index is 0.0616. The summed E-state index contributed by atoms with van der Waals surface area (Å²) in [5.74, 6) is -0.259. The SMILES string of the molecule is C=CCN(CC=C)CC(=O)N(C)CC(=O)NC(C)(C)C. The quantitative estimate of drug-likeness (QED) is 0.676. The third-order valence-corrected chi connectivity index (χ3v) is 2.45. The third-order valence-electron chi connectivity index (χ3n) is 2.45. The molecule has 2 amide bonds. The third kappa shape index (κ3) is 8.48. The highest BCUT2D eigenvalue weighted by Gasteiger charge is 2.18. The minimum atomic E-state index is -0.293. The molecule has 0 aromatic carbocycles. The maximum Gasteiger partial charge on any atom is 0.240 e. The first kappa shape index (κ1) is 18.4. The van der Waals surface area contributed by atoms with Gasteiger partial charge in [-0.25, -0.2) is 0 Å². The molecule has 0 unspecified atom stereocenters. The summed E-state index contributed by atoms with van der Waals surface area (Å²) in [6, 6.07) is 0. The molecule has 5 nitrogen and oxygen atoms in total. The van der Waals surface area contributed by atoms with Crippen molar-refractivity contribution in [2.45, 2.75) is 26.3 Å². The normalized spacial score (nSPS) is 11.1. The fourth-order valence-electron chi connectivity index (χ4n) is 1.64. The second-order valence-electron chi connectivity index (χ2n) is 5.82. The molecule has 0 aliphatic heterocycles. The molecule has 114 valence electrons. The zero-order chi connectivity index (χ0) is 15.8. The van der Waals surface area contributed by atoms with Gasteiger partial charge in [-0.15, -0.1) is 13.2 Å². The lowest BCUT2D eigenvalue weighted by atomic mass is 10.1. The van der Waals surface area contributed by atoms with E-state index < -0.39 is 0 Å². The zero-order valence-corrected chi connectivity index (χ0v) is 13.1. The van der Waals surface area contributed by atoms with Gasteiger partial charge in [-0.3, -0.25) is 14.5 Å². The molecule has 0 fully saturated rings. The average molecular weight is 281 g/mol. The summed E-state index contributed by atoms with van der Waals surface area (Å²) in [6.45, 7) is 14.6. The van der Waals surface area contributed by atoms with Crippen molar-refractivity contribution < 1.29 is 9.59 Å². The first-order chi connectivity index (χ1) is 9.19. The molecule has 0 saturated carbocycles. The van der Waals surface area contributed by atoms with E-state index in [1.807, 2.05) is 25.7 Å². The molecule has 0 aromatic heterocycles. The van der Waals surface area contributed by atoms with Crippen LogP contribution in [-0.4, -0.2) is 60.4 Å². The van der Waals surface area contributed by atoms with Crippen molar-refractivity contribution in [2.75, 3.05) is 33.2 Å². The van der Waals surface area contributed by atoms with E-state index in [1.54, 1.807) is 19.2 Å². The standard InChI is InChI=1S/C15H27N3O2/c1-7-9-18(10-8-2)12-14(20)17(6)11-13(19)16-15(3,4)5/h7-8H,1-2,9-12H2,3-6H3,(H,16,19). The Morgan fingerprint density at radius 3 is 2.00 bits per heavy atom. The van der Waals surface area contributed by atoms with Crippen LogP contribution in [0, 0.1) is 0 Å². The van der Waals surface area contributed by atoms with E-state index in [2.05, 4.69) is 18.5 Å². The van der Waals surface area contributed by atoms with Crippen molar-refractivity contribution in [2.24, 2.45) is 0 Å². The second-order valence-corrected chi connectivity index (χ2v) is 5.82. The van der Waals surface area contributed by atoms with E-state index >= 15 is 0 Å². The first-order valence-electron chi connectivity index (χ1n) is 6.68. The topological polar surface area (TPSA) is 52.7 Å². The molecule has 5 heteroatoms. The van der Waals surface area contributed by atoms with Gasteiger partial charge in [0.1, 0.15) is 0 Å². The molecule has 1 N–H and O–H groups in total. The lowest BCUT2D eigenvalue weighted by Crippen LogP contribution is -2.48. The average Bonchev–Trinajstić information content (AvgIpc) is 2.26. The van der Waals surface area contributed by atoms with Crippen LogP contribution < -0.4 is 5.32 Å². The molecule has 0 aliphatic carbocycles. The second kappa shape index (κ2) is 8.53. The van der Waals surface area contributed by atoms with Crippen LogP contribution in [0.3, 0.4) is 0 Å². The van der Waals surface area contributed by atoms with Crippen molar-refractivity contribution in [1.82, 2.24) is 15.1 Å². The van der Waals surface area contributed by atoms with Crippen LogP contribution in [0.15, 0.2) is 25.3 Å². The highest BCUT2D eigenvalue weighted by Crippen LogP contribution is 1.99. The smallest absolute Gasteiger partial charge is 0.240 e. The molecular formula is C15H27N3O2. The summed E-state index contributed by atoms with van der Waals surface area (Å²) in [6.07, 6.45) is 3.48. The van der Waals surface area contributed by atoms with Crippen LogP contribution in [-0.2, 0) is 9.59 Å². The molecule has 0 radical (unpaired) electrons. The number of rotatable bonds is 8. The Morgan fingerprint density at radius 2 is 1.60 bits per heavy atom. The highest BCUT2D eigenvalue weighted by molar-refractivity contribution is 5.85. The molecule has 20 heavy (non-hydrogen) atoms. The van der Waals surface area contributed by atoms with E-state index in [0.29, 0.717) is 13.1 Å². The van der Waals surface area contributed by atoms with Crippen LogP contribution in [0.1, 0.15) is 20.8 Å². The van der Waals surface area contributed by atoms with Crippen molar-refractivity contribution in [3.63, 3.8) is 0 Å². The Morgan fingerprint density at radius 1 is 1.10 bits per heavy atom. The minimum Gasteiger partial charge on any atom is -0.350 e. The van der Waals surface area contributed by atoms with Gasteiger partial charge in [0.15, 0.2) is 0 Å². The van der Waals surface area contributed by atoms with Crippen LogP contribution in [0.5, 0.6) is 0 Å². The number of carbonyl (C=O) groups is 2. The number of hydrogen-bond acceptors (Lipinski definition) is 3.